The Morgan fingerprint density at radius 3 is 2.45 bits per heavy atom. The topological polar surface area (TPSA) is 93.3 Å². The Kier molecular flexibility index (Phi) is 5.73. The Labute approximate surface area is 190 Å². The highest BCUT2D eigenvalue weighted by atomic mass is 35.5. The Hall–Kier alpha value is -3.26. The molecule has 4 aromatic rings. The first kappa shape index (κ1) is 21.0. The van der Waals surface area contributed by atoms with Crippen LogP contribution in [0.1, 0.15) is 10.4 Å². The van der Waals surface area contributed by atoms with Crippen molar-refractivity contribution >= 4 is 46.2 Å². The van der Waals surface area contributed by atoms with Gasteiger partial charge in [0, 0.05) is 33.2 Å². The first-order chi connectivity index (χ1) is 14.8. The summed E-state index contributed by atoms with van der Waals surface area (Å²) in [6.45, 7) is 0. The zero-order valence-corrected chi connectivity index (χ0v) is 17.9. The average Bonchev–Trinajstić information content (AvgIpc) is 3.23. The molecule has 0 aliphatic rings. The molecule has 4 rings (SSSR count). The van der Waals surface area contributed by atoms with Crippen molar-refractivity contribution in [2.24, 2.45) is 0 Å². The van der Waals surface area contributed by atoms with Gasteiger partial charge in [-0.05, 0) is 30.3 Å². The van der Waals surface area contributed by atoms with Gasteiger partial charge in [-0.3, -0.25) is 10.1 Å². The van der Waals surface area contributed by atoms with Crippen molar-refractivity contribution in [1.29, 1.82) is 0 Å². The Balaban J connectivity index is 1.79. The number of hydrogen-bond donors (Lipinski definition) is 1. The predicted octanol–water partition coefficient (Wildman–Crippen LogP) is 7.06. The molecule has 0 unspecified atom stereocenters. The smallest absolute Gasteiger partial charge is 0.336 e. The van der Waals surface area contributed by atoms with Gasteiger partial charge in [0.2, 0.25) is 0 Å². The molecule has 0 saturated carbocycles. The Bertz CT molecular complexity index is 1340. The van der Waals surface area contributed by atoms with E-state index in [-0.39, 0.29) is 22.4 Å². The van der Waals surface area contributed by atoms with Crippen molar-refractivity contribution in [2.75, 3.05) is 0 Å². The molecule has 0 amide bonds. The highest BCUT2D eigenvalue weighted by Gasteiger charge is 2.21. The molecular weight excluding hydrogens is 459 g/mol. The van der Waals surface area contributed by atoms with Gasteiger partial charge in [0.25, 0.3) is 5.69 Å². The second-order valence-corrected chi connectivity index (χ2v) is 8.20. The summed E-state index contributed by atoms with van der Waals surface area (Å²) in [4.78, 5) is 27.4. The van der Waals surface area contributed by atoms with Gasteiger partial charge in [-0.1, -0.05) is 47.5 Å². The van der Waals surface area contributed by atoms with Crippen LogP contribution in [0.5, 0.6) is 0 Å². The lowest BCUT2D eigenvalue weighted by Gasteiger charge is -2.09. The fraction of sp³-hybridized carbons (Fsp3) is 0. The largest absolute Gasteiger partial charge is 0.478 e. The third-order valence-electron chi connectivity index (χ3n) is 4.60. The molecule has 6 nitrogen and oxygen atoms in total. The van der Waals surface area contributed by atoms with Crippen molar-refractivity contribution in [3.05, 3.63) is 91.8 Å². The van der Waals surface area contributed by atoms with E-state index in [9.17, 15) is 20.0 Å². The number of nitrogens with zero attached hydrogens (tertiary/aromatic N) is 2. The predicted molar refractivity (Wildman–Crippen MR) is 122 cm³/mol. The summed E-state index contributed by atoms with van der Waals surface area (Å²) >= 11 is 13.5. The van der Waals surface area contributed by atoms with Gasteiger partial charge in [0.1, 0.15) is 5.01 Å². The monoisotopic (exact) mass is 470 g/mol. The summed E-state index contributed by atoms with van der Waals surface area (Å²) in [6.07, 6.45) is 0. The second-order valence-electron chi connectivity index (χ2n) is 6.50. The minimum atomic E-state index is -1.19. The number of aromatic nitrogens is 1. The van der Waals surface area contributed by atoms with Crippen LogP contribution in [0.4, 0.5) is 5.69 Å². The van der Waals surface area contributed by atoms with Crippen LogP contribution in [-0.4, -0.2) is 21.0 Å². The molecule has 0 saturated heterocycles. The fourth-order valence-electron chi connectivity index (χ4n) is 3.18. The molecule has 0 atom stereocenters. The summed E-state index contributed by atoms with van der Waals surface area (Å²) < 4.78 is 0. The normalized spacial score (nSPS) is 10.8. The van der Waals surface area contributed by atoms with Crippen molar-refractivity contribution in [1.82, 2.24) is 4.98 Å². The van der Waals surface area contributed by atoms with E-state index >= 15 is 0 Å². The standard InChI is InChI=1S/C22H12Cl2N2O4S/c23-13-6-8-16(18(24)10-13)19-11-31-21(25-19)12-5-7-14(17(9-12)22(27)28)15-3-1-2-4-20(15)26(29)30/h1-11H,(H,27,28). The number of carboxylic acids is 1. The van der Waals surface area contributed by atoms with Crippen LogP contribution < -0.4 is 0 Å². The van der Waals surface area contributed by atoms with E-state index in [0.29, 0.717) is 31.9 Å². The molecule has 1 heterocycles. The van der Waals surface area contributed by atoms with Gasteiger partial charge in [0.15, 0.2) is 0 Å². The van der Waals surface area contributed by atoms with Gasteiger partial charge in [0.05, 0.1) is 26.8 Å². The summed E-state index contributed by atoms with van der Waals surface area (Å²) in [7, 11) is 0. The highest BCUT2D eigenvalue weighted by molar-refractivity contribution is 7.13. The van der Waals surface area contributed by atoms with E-state index < -0.39 is 10.9 Å². The third kappa shape index (κ3) is 4.16. The zero-order chi connectivity index (χ0) is 22.1. The number of para-hydroxylation sites is 1. The van der Waals surface area contributed by atoms with E-state index in [4.69, 9.17) is 23.2 Å². The molecule has 0 fully saturated rings. The highest BCUT2D eigenvalue weighted by Crippen LogP contribution is 2.37. The van der Waals surface area contributed by atoms with Gasteiger partial charge < -0.3 is 5.11 Å². The molecule has 1 aromatic heterocycles. The summed E-state index contributed by atoms with van der Waals surface area (Å²) in [5.74, 6) is -1.19. The maximum Gasteiger partial charge on any atom is 0.336 e. The second kappa shape index (κ2) is 8.47. The van der Waals surface area contributed by atoms with E-state index in [1.807, 2.05) is 5.38 Å². The lowest BCUT2D eigenvalue weighted by molar-refractivity contribution is -0.384. The Morgan fingerprint density at radius 2 is 1.74 bits per heavy atom. The number of nitro groups is 1. The molecule has 0 bridgehead atoms. The number of aromatic carboxylic acids is 1. The molecule has 154 valence electrons. The quantitative estimate of drug-likeness (QED) is 0.249. The minimum absolute atomic E-state index is 0.0481. The number of carboxylic acid groups (broad SMARTS) is 1. The molecule has 0 aliphatic heterocycles. The van der Waals surface area contributed by atoms with E-state index in [1.54, 1.807) is 36.4 Å². The van der Waals surface area contributed by atoms with Crippen molar-refractivity contribution < 1.29 is 14.8 Å². The van der Waals surface area contributed by atoms with Gasteiger partial charge in [-0.2, -0.15) is 0 Å². The molecule has 31 heavy (non-hydrogen) atoms. The van der Waals surface area contributed by atoms with Crippen LogP contribution in [0, 0.1) is 10.1 Å². The maximum atomic E-state index is 11.9. The molecule has 0 spiro atoms. The Morgan fingerprint density at radius 1 is 1.00 bits per heavy atom. The molecular formula is C22H12Cl2N2O4S. The molecule has 0 aliphatic carbocycles. The maximum absolute atomic E-state index is 11.9. The number of thiazole rings is 1. The minimum Gasteiger partial charge on any atom is -0.478 e. The number of carbonyl (C=O) groups is 1. The van der Waals surface area contributed by atoms with Crippen LogP contribution in [0.25, 0.3) is 33.0 Å². The van der Waals surface area contributed by atoms with E-state index in [0.717, 1.165) is 0 Å². The fourth-order valence-corrected chi connectivity index (χ4v) is 4.50. The van der Waals surface area contributed by atoms with E-state index in [1.165, 1.54) is 35.6 Å². The number of halogens is 2. The van der Waals surface area contributed by atoms with Crippen LogP contribution in [0.3, 0.4) is 0 Å². The van der Waals surface area contributed by atoms with Crippen LogP contribution >= 0.6 is 34.5 Å². The first-order valence-corrected chi connectivity index (χ1v) is 10.5. The third-order valence-corrected chi connectivity index (χ3v) is 6.04. The number of benzene rings is 3. The average molecular weight is 471 g/mol. The SMILES string of the molecule is O=C(O)c1cc(-c2nc(-c3ccc(Cl)cc3Cl)cs2)ccc1-c1ccccc1[N+](=O)[O-]. The van der Waals surface area contributed by atoms with Crippen molar-refractivity contribution in [2.45, 2.75) is 0 Å². The van der Waals surface area contributed by atoms with Crippen molar-refractivity contribution in [3.63, 3.8) is 0 Å². The van der Waals surface area contributed by atoms with Gasteiger partial charge in [-0.25, -0.2) is 9.78 Å². The van der Waals surface area contributed by atoms with Gasteiger partial charge in [-0.15, -0.1) is 11.3 Å². The number of nitro benzene ring substituents is 1. The number of rotatable bonds is 5. The molecule has 9 heteroatoms. The van der Waals surface area contributed by atoms with Crippen LogP contribution in [0.15, 0.2) is 66.0 Å². The lowest BCUT2D eigenvalue weighted by atomic mass is 9.96. The van der Waals surface area contributed by atoms with Gasteiger partial charge >= 0.3 is 5.97 Å². The molecule has 1 N–H and O–H groups in total. The summed E-state index contributed by atoms with van der Waals surface area (Å²) in [6, 6.07) is 15.9. The first-order valence-electron chi connectivity index (χ1n) is 8.87. The summed E-state index contributed by atoms with van der Waals surface area (Å²) in [5, 5.41) is 24.5. The van der Waals surface area contributed by atoms with E-state index in [2.05, 4.69) is 4.98 Å². The van der Waals surface area contributed by atoms with Crippen LogP contribution in [-0.2, 0) is 0 Å². The molecule has 0 radical (unpaired) electrons. The van der Waals surface area contributed by atoms with Crippen LogP contribution in [0.2, 0.25) is 10.0 Å². The molecule has 3 aromatic carbocycles. The van der Waals surface area contributed by atoms with Crippen molar-refractivity contribution in [3.8, 4) is 33.0 Å². The lowest BCUT2D eigenvalue weighted by Crippen LogP contribution is -2.02. The number of hydrogen-bond acceptors (Lipinski definition) is 5. The zero-order valence-electron chi connectivity index (χ0n) is 15.6. The summed E-state index contributed by atoms with van der Waals surface area (Å²) in [5.41, 5.74) is 2.23.